The van der Waals surface area contributed by atoms with Crippen molar-refractivity contribution in [1.29, 1.82) is 0 Å². The number of sulfonamides is 2. The van der Waals surface area contributed by atoms with Gasteiger partial charge in [-0.2, -0.15) is 4.31 Å². The third kappa shape index (κ3) is 5.61. The highest BCUT2D eigenvalue weighted by molar-refractivity contribution is 7.89. The van der Waals surface area contributed by atoms with Gasteiger partial charge in [-0.15, -0.1) is 12.4 Å². The zero-order valence-corrected chi connectivity index (χ0v) is 16.6. The molecule has 0 spiro atoms. The molecule has 11 heteroatoms. The number of halogens is 1. The molecule has 25 heavy (non-hydrogen) atoms. The van der Waals surface area contributed by atoms with Crippen LogP contribution in [0.2, 0.25) is 0 Å². The van der Waals surface area contributed by atoms with E-state index in [1.807, 2.05) is 6.92 Å². The van der Waals surface area contributed by atoms with Gasteiger partial charge in [0.05, 0.1) is 23.0 Å². The predicted octanol–water partition coefficient (Wildman–Crippen LogP) is 0.0155. The van der Waals surface area contributed by atoms with Gasteiger partial charge in [0.2, 0.25) is 20.0 Å². The summed E-state index contributed by atoms with van der Waals surface area (Å²) < 4.78 is 58.4. The molecule has 144 valence electrons. The maximum absolute atomic E-state index is 12.5. The van der Waals surface area contributed by atoms with E-state index in [0.29, 0.717) is 26.3 Å². The predicted molar refractivity (Wildman–Crippen MR) is 97.0 cm³/mol. The van der Waals surface area contributed by atoms with Gasteiger partial charge < -0.3 is 10.1 Å². The monoisotopic (exact) mass is 413 g/mol. The van der Waals surface area contributed by atoms with Crippen LogP contribution in [0.1, 0.15) is 6.92 Å². The van der Waals surface area contributed by atoms with Crippen LogP contribution in [-0.2, 0) is 24.8 Å². The lowest BCUT2D eigenvalue weighted by atomic mass is 10.4. The lowest BCUT2D eigenvalue weighted by molar-refractivity contribution is 0.0730. The Balaban J connectivity index is 0.00000312. The molecule has 1 aliphatic heterocycles. The fraction of sp³-hybridized carbons (Fsp3) is 0.571. The number of nitrogens with one attached hydrogen (secondary N) is 2. The van der Waals surface area contributed by atoms with Gasteiger partial charge in [0, 0.05) is 25.7 Å². The van der Waals surface area contributed by atoms with E-state index in [9.17, 15) is 16.8 Å². The average Bonchev–Trinajstić information content (AvgIpc) is 2.60. The first kappa shape index (κ1) is 22.3. The SMILES string of the molecule is CNC(C)CNS(=O)(=O)c1ccc(S(=O)(=O)N2CCOCC2)cc1.Cl. The summed E-state index contributed by atoms with van der Waals surface area (Å²) in [5, 5.41) is 2.93. The van der Waals surface area contributed by atoms with E-state index in [0.717, 1.165) is 0 Å². The Hall–Kier alpha value is -0.750. The van der Waals surface area contributed by atoms with Crippen LogP contribution >= 0.6 is 12.4 Å². The molecule has 0 aromatic heterocycles. The fourth-order valence-electron chi connectivity index (χ4n) is 2.15. The Kier molecular flexibility index (Phi) is 8.26. The Labute approximate surface area is 155 Å². The summed E-state index contributed by atoms with van der Waals surface area (Å²) in [4.78, 5) is 0.110. The summed E-state index contributed by atoms with van der Waals surface area (Å²) in [6.45, 7) is 3.41. The molecule has 1 unspecified atom stereocenters. The number of hydrogen-bond acceptors (Lipinski definition) is 6. The lowest BCUT2D eigenvalue weighted by Crippen LogP contribution is -2.40. The van der Waals surface area contributed by atoms with Crippen molar-refractivity contribution >= 4 is 32.5 Å². The highest BCUT2D eigenvalue weighted by Crippen LogP contribution is 2.19. The molecule has 1 heterocycles. The van der Waals surface area contributed by atoms with Gasteiger partial charge >= 0.3 is 0 Å². The van der Waals surface area contributed by atoms with Crippen molar-refractivity contribution in [3.8, 4) is 0 Å². The third-order valence-electron chi connectivity index (χ3n) is 3.81. The minimum absolute atomic E-state index is 0. The van der Waals surface area contributed by atoms with Crippen LogP contribution in [0.4, 0.5) is 0 Å². The van der Waals surface area contributed by atoms with Gasteiger partial charge in [-0.05, 0) is 38.2 Å². The van der Waals surface area contributed by atoms with Crippen molar-refractivity contribution in [2.24, 2.45) is 0 Å². The van der Waals surface area contributed by atoms with Gasteiger partial charge in [-0.25, -0.2) is 21.6 Å². The lowest BCUT2D eigenvalue weighted by Gasteiger charge is -2.26. The van der Waals surface area contributed by atoms with E-state index in [1.54, 1.807) is 7.05 Å². The smallest absolute Gasteiger partial charge is 0.243 e. The minimum atomic E-state index is -3.67. The number of hydrogen-bond donors (Lipinski definition) is 2. The molecule has 2 N–H and O–H groups in total. The van der Waals surface area contributed by atoms with Crippen LogP contribution in [0.3, 0.4) is 0 Å². The van der Waals surface area contributed by atoms with E-state index in [1.165, 1.54) is 28.6 Å². The summed E-state index contributed by atoms with van der Waals surface area (Å²) >= 11 is 0. The van der Waals surface area contributed by atoms with Crippen LogP contribution < -0.4 is 10.0 Å². The maximum atomic E-state index is 12.5. The summed E-state index contributed by atoms with van der Waals surface area (Å²) in [5.74, 6) is 0. The topological polar surface area (TPSA) is 105 Å². The molecule has 0 saturated carbocycles. The van der Waals surface area contributed by atoms with E-state index < -0.39 is 20.0 Å². The van der Waals surface area contributed by atoms with Gasteiger partial charge in [0.15, 0.2) is 0 Å². The molecule has 1 fully saturated rings. The van der Waals surface area contributed by atoms with Crippen molar-refractivity contribution < 1.29 is 21.6 Å². The van der Waals surface area contributed by atoms with Crippen LogP contribution in [0.25, 0.3) is 0 Å². The van der Waals surface area contributed by atoms with E-state index in [2.05, 4.69) is 10.0 Å². The quantitative estimate of drug-likeness (QED) is 0.652. The summed E-state index contributed by atoms with van der Waals surface area (Å²) in [7, 11) is -5.56. The van der Waals surface area contributed by atoms with Gasteiger partial charge in [-0.3, -0.25) is 0 Å². The minimum Gasteiger partial charge on any atom is -0.379 e. The zero-order valence-electron chi connectivity index (χ0n) is 14.1. The van der Waals surface area contributed by atoms with Crippen LogP contribution in [0.15, 0.2) is 34.1 Å². The first-order chi connectivity index (χ1) is 11.3. The largest absolute Gasteiger partial charge is 0.379 e. The Morgan fingerprint density at radius 2 is 1.60 bits per heavy atom. The van der Waals surface area contributed by atoms with E-state index in [4.69, 9.17) is 4.74 Å². The molecule has 8 nitrogen and oxygen atoms in total. The molecule has 0 aliphatic carbocycles. The number of benzene rings is 1. The van der Waals surface area contributed by atoms with E-state index >= 15 is 0 Å². The van der Waals surface area contributed by atoms with Crippen molar-refractivity contribution in [2.75, 3.05) is 39.9 Å². The number of ether oxygens (including phenoxy) is 1. The van der Waals surface area contributed by atoms with Gasteiger partial charge in [0.25, 0.3) is 0 Å². The molecule has 2 rings (SSSR count). The Morgan fingerprint density at radius 1 is 1.08 bits per heavy atom. The van der Waals surface area contributed by atoms with Crippen molar-refractivity contribution in [3.05, 3.63) is 24.3 Å². The second-order valence-electron chi connectivity index (χ2n) is 5.53. The van der Waals surface area contributed by atoms with E-state index in [-0.39, 0.29) is 34.8 Å². The number of likely N-dealkylation sites (N-methyl/N-ethyl adjacent to an activating group) is 1. The second kappa shape index (κ2) is 9.26. The van der Waals surface area contributed by atoms with Gasteiger partial charge in [0.1, 0.15) is 0 Å². The molecule has 1 aliphatic rings. The van der Waals surface area contributed by atoms with Crippen LogP contribution in [-0.4, -0.2) is 67.1 Å². The molecule has 1 saturated heterocycles. The Morgan fingerprint density at radius 3 is 2.12 bits per heavy atom. The maximum Gasteiger partial charge on any atom is 0.243 e. The molecular formula is C14H24ClN3O5S2. The van der Waals surface area contributed by atoms with Crippen LogP contribution in [0, 0.1) is 0 Å². The Bertz CT molecular complexity index is 747. The standard InChI is InChI=1S/C14H23N3O5S2.ClH/c1-12(15-2)11-16-23(18,19)13-3-5-14(6-4-13)24(20,21)17-7-9-22-10-8-17;/h3-6,12,15-16H,7-11H2,1-2H3;1H. The molecular weight excluding hydrogens is 390 g/mol. The summed E-state index contributed by atoms with van der Waals surface area (Å²) in [5.41, 5.74) is 0. The third-order valence-corrected chi connectivity index (χ3v) is 7.17. The van der Waals surface area contributed by atoms with Gasteiger partial charge in [-0.1, -0.05) is 0 Å². The molecule has 0 bridgehead atoms. The fourth-order valence-corrected chi connectivity index (χ4v) is 4.69. The number of nitrogens with zero attached hydrogens (tertiary/aromatic N) is 1. The zero-order chi connectivity index (χ0) is 17.8. The highest BCUT2D eigenvalue weighted by atomic mass is 35.5. The average molecular weight is 414 g/mol. The molecule has 1 atom stereocenters. The summed E-state index contributed by atoms with van der Waals surface area (Å²) in [6, 6.07) is 5.24. The van der Waals surface area contributed by atoms with Crippen LogP contribution in [0.5, 0.6) is 0 Å². The number of rotatable bonds is 7. The molecule has 1 aromatic rings. The van der Waals surface area contributed by atoms with Crippen molar-refractivity contribution in [1.82, 2.24) is 14.3 Å². The first-order valence-electron chi connectivity index (χ1n) is 7.62. The highest BCUT2D eigenvalue weighted by Gasteiger charge is 2.26. The first-order valence-corrected chi connectivity index (χ1v) is 10.5. The summed E-state index contributed by atoms with van der Waals surface area (Å²) in [6.07, 6.45) is 0. The number of morpholine rings is 1. The molecule has 0 amide bonds. The van der Waals surface area contributed by atoms with Crippen molar-refractivity contribution in [2.45, 2.75) is 22.8 Å². The van der Waals surface area contributed by atoms with Crippen molar-refractivity contribution in [3.63, 3.8) is 0 Å². The normalized spacial score (nSPS) is 17.7. The second-order valence-corrected chi connectivity index (χ2v) is 9.23. The molecule has 0 radical (unpaired) electrons. The molecule has 1 aromatic carbocycles.